The Hall–Kier alpha value is -1.78. The standard InChI is InChI=1S/C15H15F3N2/c16-15(17,18)14-12-8-4-5-9-13(12)20(19-14)10-11-6-2-1-3-7-11/h1-3,6-7H,4-5,8-10H2. The van der Waals surface area contributed by atoms with Gasteiger partial charge >= 0.3 is 6.18 Å². The molecule has 20 heavy (non-hydrogen) atoms. The van der Waals surface area contributed by atoms with Crippen molar-refractivity contribution in [3.05, 3.63) is 52.8 Å². The van der Waals surface area contributed by atoms with E-state index in [2.05, 4.69) is 5.10 Å². The number of alkyl halides is 3. The second-order valence-electron chi connectivity index (χ2n) is 5.12. The molecule has 5 heteroatoms. The van der Waals surface area contributed by atoms with Gasteiger partial charge in [-0.3, -0.25) is 4.68 Å². The summed E-state index contributed by atoms with van der Waals surface area (Å²) >= 11 is 0. The van der Waals surface area contributed by atoms with Crippen molar-refractivity contribution in [1.29, 1.82) is 0 Å². The highest BCUT2D eigenvalue weighted by molar-refractivity contribution is 5.31. The zero-order chi connectivity index (χ0) is 14.2. The molecule has 0 atom stereocenters. The molecule has 1 heterocycles. The zero-order valence-electron chi connectivity index (χ0n) is 11.0. The quantitative estimate of drug-likeness (QED) is 0.817. The highest BCUT2D eigenvalue weighted by Gasteiger charge is 2.39. The van der Waals surface area contributed by atoms with E-state index in [0.29, 0.717) is 24.9 Å². The molecule has 0 aliphatic heterocycles. The summed E-state index contributed by atoms with van der Waals surface area (Å²) in [7, 11) is 0. The molecule has 0 saturated heterocycles. The summed E-state index contributed by atoms with van der Waals surface area (Å²) in [6.07, 6.45) is -1.44. The number of hydrogen-bond donors (Lipinski definition) is 0. The van der Waals surface area contributed by atoms with E-state index in [1.54, 1.807) is 0 Å². The predicted octanol–water partition coefficient (Wildman–Crippen LogP) is 3.83. The molecule has 3 rings (SSSR count). The summed E-state index contributed by atoms with van der Waals surface area (Å²) in [4.78, 5) is 0. The van der Waals surface area contributed by atoms with Gasteiger partial charge in [-0.15, -0.1) is 0 Å². The molecule has 1 aromatic carbocycles. The average molecular weight is 280 g/mol. The molecule has 0 radical (unpaired) electrons. The maximum atomic E-state index is 13.1. The second kappa shape index (κ2) is 4.96. The van der Waals surface area contributed by atoms with E-state index in [1.165, 1.54) is 4.68 Å². The number of rotatable bonds is 2. The molecule has 2 aromatic rings. The van der Waals surface area contributed by atoms with Gasteiger partial charge in [0.2, 0.25) is 0 Å². The zero-order valence-corrected chi connectivity index (χ0v) is 11.0. The molecule has 0 amide bonds. The summed E-state index contributed by atoms with van der Waals surface area (Å²) in [5.41, 5.74) is 1.44. The van der Waals surface area contributed by atoms with Crippen LogP contribution in [0.25, 0.3) is 0 Å². The van der Waals surface area contributed by atoms with E-state index in [-0.39, 0.29) is 0 Å². The van der Waals surface area contributed by atoms with E-state index in [9.17, 15) is 13.2 Å². The van der Waals surface area contributed by atoms with Crippen LogP contribution < -0.4 is 0 Å². The van der Waals surface area contributed by atoms with Crippen LogP contribution in [0, 0.1) is 0 Å². The lowest BCUT2D eigenvalue weighted by Crippen LogP contribution is -2.11. The van der Waals surface area contributed by atoms with Crippen molar-refractivity contribution in [2.75, 3.05) is 0 Å². The number of halogens is 3. The third-order valence-electron chi connectivity index (χ3n) is 3.70. The lowest BCUT2D eigenvalue weighted by atomic mass is 9.95. The van der Waals surface area contributed by atoms with Gasteiger partial charge < -0.3 is 0 Å². The van der Waals surface area contributed by atoms with Crippen LogP contribution in [-0.2, 0) is 25.6 Å². The Kier molecular flexibility index (Phi) is 3.28. The lowest BCUT2D eigenvalue weighted by molar-refractivity contribution is -0.142. The fourth-order valence-electron chi connectivity index (χ4n) is 2.79. The van der Waals surface area contributed by atoms with Crippen molar-refractivity contribution in [3.63, 3.8) is 0 Å². The first-order chi connectivity index (χ1) is 9.55. The van der Waals surface area contributed by atoms with E-state index in [0.717, 1.165) is 24.1 Å². The van der Waals surface area contributed by atoms with Gasteiger partial charge in [0.15, 0.2) is 5.69 Å². The summed E-state index contributed by atoms with van der Waals surface area (Å²) in [6.45, 7) is 0.402. The first-order valence-corrected chi connectivity index (χ1v) is 6.75. The molecule has 1 aliphatic rings. The summed E-state index contributed by atoms with van der Waals surface area (Å²) in [6, 6.07) is 9.48. The van der Waals surface area contributed by atoms with Crippen molar-refractivity contribution in [3.8, 4) is 0 Å². The van der Waals surface area contributed by atoms with Crippen LogP contribution in [0.4, 0.5) is 13.2 Å². The largest absolute Gasteiger partial charge is 0.435 e. The maximum Gasteiger partial charge on any atom is 0.435 e. The minimum atomic E-state index is -4.36. The molecule has 1 aliphatic carbocycles. The van der Waals surface area contributed by atoms with E-state index in [4.69, 9.17) is 0 Å². The number of nitrogens with zero attached hydrogens (tertiary/aromatic N) is 2. The number of fused-ring (bicyclic) bond motifs is 1. The van der Waals surface area contributed by atoms with Crippen molar-refractivity contribution in [2.45, 2.75) is 38.4 Å². The molecule has 0 saturated carbocycles. The van der Waals surface area contributed by atoms with Crippen molar-refractivity contribution in [1.82, 2.24) is 9.78 Å². The number of benzene rings is 1. The highest BCUT2D eigenvalue weighted by Crippen LogP contribution is 2.35. The van der Waals surface area contributed by atoms with Crippen molar-refractivity contribution < 1.29 is 13.2 Å². The Balaban J connectivity index is 2.01. The Morgan fingerprint density at radius 3 is 2.45 bits per heavy atom. The van der Waals surface area contributed by atoms with Crippen LogP contribution >= 0.6 is 0 Å². The average Bonchev–Trinajstić information content (AvgIpc) is 2.79. The summed E-state index contributed by atoms with van der Waals surface area (Å²) in [5, 5.41) is 3.85. The molecule has 0 unspecified atom stereocenters. The SMILES string of the molecule is FC(F)(F)c1nn(Cc2ccccc2)c2c1CCCC2. The molecule has 106 valence electrons. The molecule has 0 fully saturated rings. The Labute approximate surface area is 115 Å². The summed E-state index contributed by atoms with van der Waals surface area (Å²) < 4.78 is 40.7. The third kappa shape index (κ3) is 2.44. The fourth-order valence-corrected chi connectivity index (χ4v) is 2.79. The van der Waals surface area contributed by atoms with Crippen LogP contribution in [0.2, 0.25) is 0 Å². The summed E-state index contributed by atoms with van der Waals surface area (Å²) in [5.74, 6) is 0. The van der Waals surface area contributed by atoms with Gasteiger partial charge in [0.05, 0.1) is 6.54 Å². The van der Waals surface area contributed by atoms with Gasteiger partial charge in [0.1, 0.15) is 0 Å². The number of aromatic nitrogens is 2. The minimum Gasteiger partial charge on any atom is -0.264 e. The van der Waals surface area contributed by atoms with Crippen LogP contribution in [0.1, 0.15) is 35.4 Å². The first kappa shape index (κ1) is 13.2. The van der Waals surface area contributed by atoms with Gasteiger partial charge in [0, 0.05) is 11.3 Å². The molecule has 0 spiro atoms. The molecule has 2 nitrogen and oxygen atoms in total. The van der Waals surface area contributed by atoms with E-state index in [1.807, 2.05) is 30.3 Å². The molecule has 1 aromatic heterocycles. The van der Waals surface area contributed by atoms with Gasteiger partial charge in [-0.25, -0.2) is 0 Å². The van der Waals surface area contributed by atoms with Crippen LogP contribution in [-0.4, -0.2) is 9.78 Å². The van der Waals surface area contributed by atoms with Crippen LogP contribution in [0.5, 0.6) is 0 Å². The number of hydrogen-bond acceptors (Lipinski definition) is 1. The fraction of sp³-hybridized carbons (Fsp3) is 0.400. The third-order valence-corrected chi connectivity index (χ3v) is 3.70. The predicted molar refractivity (Wildman–Crippen MR) is 69.4 cm³/mol. The van der Waals surface area contributed by atoms with Gasteiger partial charge in [0.25, 0.3) is 0 Å². The molecular formula is C15H15F3N2. The molecule has 0 bridgehead atoms. The van der Waals surface area contributed by atoms with Gasteiger partial charge in [-0.1, -0.05) is 30.3 Å². The topological polar surface area (TPSA) is 17.8 Å². The normalized spacial score (nSPS) is 15.2. The Morgan fingerprint density at radius 1 is 1.05 bits per heavy atom. The Bertz CT molecular complexity index is 600. The lowest BCUT2D eigenvalue weighted by Gasteiger charge is -2.14. The highest BCUT2D eigenvalue weighted by atomic mass is 19.4. The monoisotopic (exact) mass is 280 g/mol. The minimum absolute atomic E-state index is 0.402. The second-order valence-corrected chi connectivity index (χ2v) is 5.12. The van der Waals surface area contributed by atoms with Crippen LogP contribution in [0.3, 0.4) is 0 Å². The smallest absolute Gasteiger partial charge is 0.264 e. The first-order valence-electron chi connectivity index (χ1n) is 6.75. The maximum absolute atomic E-state index is 13.1. The van der Waals surface area contributed by atoms with Crippen molar-refractivity contribution >= 4 is 0 Å². The Morgan fingerprint density at radius 2 is 1.75 bits per heavy atom. The van der Waals surface area contributed by atoms with Crippen molar-refractivity contribution in [2.24, 2.45) is 0 Å². The van der Waals surface area contributed by atoms with E-state index < -0.39 is 11.9 Å². The van der Waals surface area contributed by atoms with E-state index >= 15 is 0 Å². The van der Waals surface area contributed by atoms with Gasteiger partial charge in [-0.05, 0) is 31.2 Å². The molecule has 0 N–H and O–H groups in total. The van der Waals surface area contributed by atoms with Crippen LogP contribution in [0.15, 0.2) is 30.3 Å². The van der Waals surface area contributed by atoms with Gasteiger partial charge in [-0.2, -0.15) is 18.3 Å². The molecular weight excluding hydrogens is 265 g/mol.